The molecule has 3 aliphatic rings. The third kappa shape index (κ3) is 3.77. The highest BCUT2D eigenvalue weighted by molar-refractivity contribution is 5.36. The minimum Gasteiger partial charge on any atom is -0.302 e. The molecule has 1 aromatic carbocycles. The first-order valence-electron chi connectivity index (χ1n) is 12.4. The van der Waals surface area contributed by atoms with Gasteiger partial charge in [0, 0.05) is 30.7 Å². The average Bonchev–Trinajstić information content (AvgIpc) is 3.25. The minimum absolute atomic E-state index is 0.208. The fraction of sp³-hybridized carbons (Fsp3) is 0.786. The SMILES string of the molecule is CN1C[C@@H]2CCC(CC(C)(C)N3Cc4ccccc4[C@H]3C(C)(C)C)[C@@H]2[C@H]1C(C)(C)C. The summed E-state index contributed by atoms with van der Waals surface area (Å²) >= 11 is 0. The third-order valence-corrected chi connectivity index (χ3v) is 8.61. The first kappa shape index (κ1) is 22.3. The normalized spacial score (nSPS) is 33.2. The van der Waals surface area contributed by atoms with Gasteiger partial charge in [0.25, 0.3) is 0 Å². The number of benzene rings is 1. The van der Waals surface area contributed by atoms with Crippen LogP contribution in [0, 0.1) is 28.6 Å². The second-order valence-electron chi connectivity index (χ2n) is 13.5. The van der Waals surface area contributed by atoms with Crippen molar-refractivity contribution in [3.05, 3.63) is 35.4 Å². The van der Waals surface area contributed by atoms with Gasteiger partial charge in [-0.2, -0.15) is 0 Å². The first-order chi connectivity index (χ1) is 13.8. The predicted octanol–water partition coefficient (Wildman–Crippen LogP) is 6.76. The fourth-order valence-corrected chi connectivity index (χ4v) is 7.82. The molecule has 2 heteroatoms. The number of hydrogen-bond acceptors (Lipinski definition) is 2. The zero-order valence-electron chi connectivity index (χ0n) is 21.1. The minimum atomic E-state index is 0.208. The summed E-state index contributed by atoms with van der Waals surface area (Å²) in [6.07, 6.45) is 4.20. The molecule has 0 amide bonds. The van der Waals surface area contributed by atoms with Gasteiger partial charge in [-0.15, -0.1) is 0 Å². The molecule has 1 aromatic rings. The van der Waals surface area contributed by atoms with Gasteiger partial charge in [0.15, 0.2) is 0 Å². The number of likely N-dealkylation sites (tertiary alicyclic amines) is 1. The van der Waals surface area contributed by atoms with Crippen molar-refractivity contribution in [1.82, 2.24) is 9.80 Å². The Kier molecular flexibility index (Phi) is 5.47. The maximum absolute atomic E-state index is 2.86. The maximum atomic E-state index is 2.86. The van der Waals surface area contributed by atoms with Crippen LogP contribution in [0.3, 0.4) is 0 Å². The van der Waals surface area contributed by atoms with E-state index in [1.54, 1.807) is 11.1 Å². The molecule has 4 rings (SSSR count). The van der Waals surface area contributed by atoms with Gasteiger partial charge in [-0.3, -0.25) is 4.90 Å². The lowest BCUT2D eigenvalue weighted by molar-refractivity contribution is -0.00293. The molecule has 2 fully saturated rings. The van der Waals surface area contributed by atoms with Crippen LogP contribution in [0.25, 0.3) is 0 Å². The standard InChI is InChI=1S/C28H46N2/c1-26(2,3)24-22-13-11-10-12-20(22)18-30(24)28(7,8)16-19-14-15-21-17-29(9)25(23(19)21)27(4,5)6/h10-13,19,21,23-25H,14-18H2,1-9H3/t19?,21-,23-,24-,25-/m0/s1. The van der Waals surface area contributed by atoms with E-state index >= 15 is 0 Å². The van der Waals surface area contributed by atoms with Crippen molar-refractivity contribution in [3.63, 3.8) is 0 Å². The zero-order valence-corrected chi connectivity index (χ0v) is 21.1. The van der Waals surface area contributed by atoms with E-state index in [-0.39, 0.29) is 11.0 Å². The van der Waals surface area contributed by atoms with Crippen molar-refractivity contribution in [2.75, 3.05) is 13.6 Å². The zero-order chi connectivity index (χ0) is 22.1. The molecular formula is C28H46N2. The highest BCUT2D eigenvalue weighted by atomic mass is 15.2. The monoisotopic (exact) mass is 410 g/mol. The molecular weight excluding hydrogens is 364 g/mol. The van der Waals surface area contributed by atoms with Crippen molar-refractivity contribution in [2.24, 2.45) is 28.6 Å². The summed E-state index contributed by atoms with van der Waals surface area (Å²) in [5.74, 6) is 2.63. The summed E-state index contributed by atoms with van der Waals surface area (Å²) in [5, 5.41) is 0. The van der Waals surface area contributed by atoms with E-state index in [2.05, 4.69) is 96.5 Å². The second-order valence-corrected chi connectivity index (χ2v) is 13.5. The van der Waals surface area contributed by atoms with E-state index in [1.807, 2.05) is 0 Å². The molecule has 0 spiro atoms. The number of hydrogen-bond donors (Lipinski definition) is 0. The summed E-state index contributed by atoms with van der Waals surface area (Å²) in [6.45, 7) is 22.2. The van der Waals surface area contributed by atoms with Gasteiger partial charge in [0.1, 0.15) is 0 Å². The molecule has 1 saturated carbocycles. The first-order valence-corrected chi connectivity index (χ1v) is 12.4. The Bertz CT molecular complexity index is 766. The van der Waals surface area contributed by atoms with Crippen LogP contribution in [0.1, 0.15) is 91.8 Å². The van der Waals surface area contributed by atoms with E-state index in [4.69, 9.17) is 0 Å². The van der Waals surface area contributed by atoms with E-state index in [1.165, 1.54) is 25.8 Å². The van der Waals surface area contributed by atoms with Crippen molar-refractivity contribution in [1.29, 1.82) is 0 Å². The van der Waals surface area contributed by atoms with Gasteiger partial charge in [0.2, 0.25) is 0 Å². The number of fused-ring (bicyclic) bond motifs is 2. The summed E-state index contributed by atoms with van der Waals surface area (Å²) in [7, 11) is 2.38. The van der Waals surface area contributed by atoms with E-state index in [0.29, 0.717) is 11.5 Å². The summed E-state index contributed by atoms with van der Waals surface area (Å²) in [6, 6.07) is 10.4. The summed E-state index contributed by atoms with van der Waals surface area (Å²) in [5.41, 5.74) is 3.92. The number of nitrogens with zero attached hydrogens (tertiary/aromatic N) is 2. The van der Waals surface area contributed by atoms with E-state index < -0.39 is 0 Å². The van der Waals surface area contributed by atoms with E-state index in [9.17, 15) is 0 Å². The van der Waals surface area contributed by atoms with Gasteiger partial charge >= 0.3 is 0 Å². The molecule has 2 heterocycles. The molecule has 168 valence electrons. The van der Waals surface area contributed by atoms with Crippen LogP contribution in [0.4, 0.5) is 0 Å². The van der Waals surface area contributed by atoms with Crippen LogP contribution >= 0.6 is 0 Å². The Morgan fingerprint density at radius 3 is 2.20 bits per heavy atom. The Morgan fingerprint density at radius 2 is 1.57 bits per heavy atom. The smallest absolute Gasteiger partial charge is 0.0408 e. The van der Waals surface area contributed by atoms with Gasteiger partial charge in [-0.05, 0) is 79.9 Å². The van der Waals surface area contributed by atoms with Crippen LogP contribution < -0.4 is 0 Å². The Labute approximate surface area is 186 Å². The average molecular weight is 411 g/mol. The molecule has 2 aliphatic heterocycles. The maximum Gasteiger partial charge on any atom is 0.0408 e. The molecule has 1 unspecified atom stereocenters. The van der Waals surface area contributed by atoms with Gasteiger partial charge in [-0.25, -0.2) is 0 Å². The van der Waals surface area contributed by atoms with Crippen LogP contribution in [0.5, 0.6) is 0 Å². The van der Waals surface area contributed by atoms with Crippen molar-refractivity contribution in [2.45, 2.75) is 98.8 Å². The lowest BCUT2D eigenvalue weighted by Gasteiger charge is -2.47. The Balaban J connectivity index is 1.60. The molecule has 1 aliphatic carbocycles. The van der Waals surface area contributed by atoms with Gasteiger partial charge < -0.3 is 4.90 Å². The molecule has 0 N–H and O–H groups in total. The Morgan fingerprint density at radius 1 is 0.900 bits per heavy atom. The highest BCUT2D eigenvalue weighted by Crippen LogP contribution is 2.55. The Hall–Kier alpha value is -0.860. The lowest BCUT2D eigenvalue weighted by atomic mass is 9.71. The lowest BCUT2D eigenvalue weighted by Crippen LogP contribution is -2.49. The highest BCUT2D eigenvalue weighted by Gasteiger charge is 2.53. The second kappa shape index (κ2) is 7.34. The molecule has 0 bridgehead atoms. The largest absolute Gasteiger partial charge is 0.302 e. The van der Waals surface area contributed by atoms with Crippen LogP contribution in [-0.4, -0.2) is 35.0 Å². The van der Waals surface area contributed by atoms with Crippen molar-refractivity contribution < 1.29 is 0 Å². The van der Waals surface area contributed by atoms with Crippen molar-refractivity contribution in [3.8, 4) is 0 Å². The quantitative estimate of drug-likeness (QED) is 0.543. The number of rotatable bonds is 3. The topological polar surface area (TPSA) is 6.48 Å². The molecule has 0 radical (unpaired) electrons. The molecule has 2 nitrogen and oxygen atoms in total. The summed E-state index contributed by atoms with van der Waals surface area (Å²) in [4.78, 5) is 5.55. The van der Waals surface area contributed by atoms with Crippen LogP contribution in [0.2, 0.25) is 0 Å². The molecule has 5 atom stereocenters. The molecule has 0 aromatic heterocycles. The van der Waals surface area contributed by atoms with Gasteiger partial charge in [-0.1, -0.05) is 65.8 Å². The van der Waals surface area contributed by atoms with Gasteiger partial charge in [0.05, 0.1) is 0 Å². The van der Waals surface area contributed by atoms with Crippen LogP contribution in [-0.2, 0) is 6.54 Å². The van der Waals surface area contributed by atoms with Crippen molar-refractivity contribution >= 4 is 0 Å². The predicted molar refractivity (Wildman–Crippen MR) is 128 cm³/mol. The molecule has 1 saturated heterocycles. The third-order valence-electron chi connectivity index (χ3n) is 8.61. The fourth-order valence-electron chi connectivity index (χ4n) is 7.82. The van der Waals surface area contributed by atoms with E-state index in [0.717, 1.165) is 30.3 Å². The van der Waals surface area contributed by atoms with Crippen LogP contribution in [0.15, 0.2) is 24.3 Å². The summed E-state index contributed by atoms with van der Waals surface area (Å²) < 4.78 is 0. The molecule has 30 heavy (non-hydrogen) atoms.